The lowest BCUT2D eigenvalue weighted by Gasteiger charge is -2.24. The summed E-state index contributed by atoms with van der Waals surface area (Å²) in [5.41, 5.74) is 0.424. The number of likely N-dealkylation sites (tertiary alicyclic amines) is 1. The van der Waals surface area contributed by atoms with Crippen LogP contribution in [0, 0.1) is 0 Å². The van der Waals surface area contributed by atoms with Crippen LogP contribution < -0.4 is 10.6 Å². The molecule has 0 saturated carbocycles. The predicted octanol–water partition coefficient (Wildman–Crippen LogP) is 1.89. The maximum Gasteiger partial charge on any atom is 0.410 e. The molecular weight excluding hydrogens is 296 g/mol. The van der Waals surface area contributed by atoms with Crippen LogP contribution in [0.15, 0.2) is 24.5 Å². The molecule has 23 heavy (non-hydrogen) atoms. The largest absolute Gasteiger partial charge is 0.444 e. The van der Waals surface area contributed by atoms with Crippen LogP contribution in [0.1, 0.15) is 32.8 Å². The van der Waals surface area contributed by atoms with Crippen LogP contribution in [0.5, 0.6) is 0 Å². The van der Waals surface area contributed by atoms with Gasteiger partial charge in [0.15, 0.2) is 0 Å². The zero-order valence-corrected chi connectivity index (χ0v) is 13.8. The van der Waals surface area contributed by atoms with Crippen molar-refractivity contribution in [1.29, 1.82) is 0 Å². The predicted molar refractivity (Wildman–Crippen MR) is 85.8 cm³/mol. The fraction of sp³-hybridized carbons (Fsp3) is 0.562. The first-order valence-corrected chi connectivity index (χ1v) is 7.75. The molecule has 1 saturated heterocycles. The van der Waals surface area contributed by atoms with Gasteiger partial charge in [-0.25, -0.2) is 9.59 Å². The van der Waals surface area contributed by atoms with Gasteiger partial charge in [0.1, 0.15) is 5.60 Å². The second-order valence-electron chi connectivity index (χ2n) is 6.60. The van der Waals surface area contributed by atoms with Gasteiger partial charge in [0.2, 0.25) is 0 Å². The van der Waals surface area contributed by atoms with E-state index in [9.17, 15) is 9.59 Å². The van der Waals surface area contributed by atoms with E-state index in [0.717, 1.165) is 12.0 Å². The zero-order chi connectivity index (χ0) is 16.9. The van der Waals surface area contributed by atoms with E-state index in [0.29, 0.717) is 19.6 Å². The third-order valence-corrected chi connectivity index (χ3v) is 3.35. The molecule has 2 rings (SSSR count). The third-order valence-electron chi connectivity index (χ3n) is 3.35. The van der Waals surface area contributed by atoms with E-state index in [1.54, 1.807) is 17.3 Å². The Kier molecular flexibility index (Phi) is 5.41. The quantitative estimate of drug-likeness (QED) is 0.891. The molecule has 126 valence electrons. The third kappa shape index (κ3) is 5.77. The number of nitrogens with one attached hydrogen (secondary N) is 2. The molecule has 0 radical (unpaired) electrons. The van der Waals surface area contributed by atoms with Crippen LogP contribution in [0.25, 0.3) is 0 Å². The van der Waals surface area contributed by atoms with E-state index < -0.39 is 5.60 Å². The summed E-state index contributed by atoms with van der Waals surface area (Å²) in [7, 11) is 0. The Labute approximate surface area is 136 Å². The number of nitrogens with zero attached hydrogens (tertiary/aromatic N) is 2. The molecule has 1 aliphatic heterocycles. The molecular formula is C16H24N4O3. The minimum atomic E-state index is -0.510. The molecule has 0 aromatic carbocycles. The van der Waals surface area contributed by atoms with Crippen molar-refractivity contribution in [2.45, 2.75) is 45.4 Å². The van der Waals surface area contributed by atoms with Gasteiger partial charge in [-0.1, -0.05) is 6.07 Å². The standard InChI is InChI=1S/C16H24N4O3/c1-16(2,3)23-15(22)20-8-6-13(11-20)19-14(21)18-10-12-5-4-7-17-9-12/h4-5,7,9,13H,6,8,10-11H2,1-3H3,(H2,18,19,21)/t13-/m0/s1. The summed E-state index contributed by atoms with van der Waals surface area (Å²) in [6.45, 7) is 6.98. The van der Waals surface area contributed by atoms with Crippen molar-refractivity contribution < 1.29 is 14.3 Å². The molecule has 0 unspecified atom stereocenters. The molecule has 1 aromatic heterocycles. The Bertz CT molecular complexity index is 542. The average molecular weight is 320 g/mol. The van der Waals surface area contributed by atoms with E-state index in [1.165, 1.54) is 0 Å². The van der Waals surface area contributed by atoms with Gasteiger partial charge in [-0.2, -0.15) is 0 Å². The van der Waals surface area contributed by atoms with Crippen LogP contribution in [0.2, 0.25) is 0 Å². The average Bonchev–Trinajstić information content (AvgIpc) is 2.93. The van der Waals surface area contributed by atoms with Gasteiger partial charge < -0.3 is 20.3 Å². The number of hydrogen-bond donors (Lipinski definition) is 2. The van der Waals surface area contributed by atoms with Gasteiger partial charge >= 0.3 is 12.1 Å². The maximum atomic E-state index is 12.0. The fourth-order valence-corrected chi connectivity index (χ4v) is 2.29. The van der Waals surface area contributed by atoms with Crippen LogP contribution >= 0.6 is 0 Å². The summed E-state index contributed by atoms with van der Waals surface area (Å²) in [6.07, 6.45) is 3.78. The van der Waals surface area contributed by atoms with Crippen molar-refractivity contribution in [2.75, 3.05) is 13.1 Å². The Balaban J connectivity index is 1.72. The number of rotatable bonds is 3. The number of pyridine rings is 1. The highest BCUT2D eigenvalue weighted by Gasteiger charge is 2.30. The second kappa shape index (κ2) is 7.30. The van der Waals surface area contributed by atoms with Crippen LogP contribution in [0.3, 0.4) is 0 Å². The molecule has 1 atom stereocenters. The lowest BCUT2D eigenvalue weighted by molar-refractivity contribution is 0.0291. The first-order chi connectivity index (χ1) is 10.8. The lowest BCUT2D eigenvalue weighted by Crippen LogP contribution is -2.44. The van der Waals surface area contributed by atoms with Gasteiger partial charge in [0, 0.05) is 38.1 Å². The van der Waals surface area contributed by atoms with Gasteiger partial charge in [-0.15, -0.1) is 0 Å². The summed E-state index contributed by atoms with van der Waals surface area (Å²) >= 11 is 0. The molecule has 1 fully saturated rings. The van der Waals surface area contributed by atoms with E-state index in [-0.39, 0.29) is 18.2 Å². The van der Waals surface area contributed by atoms with Crippen molar-refractivity contribution in [1.82, 2.24) is 20.5 Å². The summed E-state index contributed by atoms with van der Waals surface area (Å²) in [6, 6.07) is 3.42. The van der Waals surface area contributed by atoms with Gasteiger partial charge in [0.05, 0.1) is 0 Å². The summed E-state index contributed by atoms with van der Waals surface area (Å²) in [5.74, 6) is 0. The first kappa shape index (κ1) is 17.1. The SMILES string of the molecule is CC(C)(C)OC(=O)N1CC[C@H](NC(=O)NCc2cccnc2)C1. The number of ether oxygens (including phenoxy) is 1. The molecule has 0 bridgehead atoms. The molecule has 2 heterocycles. The Hall–Kier alpha value is -2.31. The van der Waals surface area contributed by atoms with Crippen LogP contribution in [0.4, 0.5) is 9.59 Å². The summed E-state index contributed by atoms with van der Waals surface area (Å²) < 4.78 is 5.33. The van der Waals surface area contributed by atoms with Crippen molar-refractivity contribution in [3.05, 3.63) is 30.1 Å². The lowest BCUT2D eigenvalue weighted by atomic mass is 10.2. The zero-order valence-electron chi connectivity index (χ0n) is 13.8. The summed E-state index contributed by atoms with van der Waals surface area (Å²) in [5, 5.41) is 5.66. The number of carbonyl (C=O) groups excluding carboxylic acids is 2. The van der Waals surface area contributed by atoms with E-state index >= 15 is 0 Å². The van der Waals surface area contributed by atoms with E-state index in [2.05, 4.69) is 15.6 Å². The Morgan fingerprint density at radius 2 is 2.22 bits per heavy atom. The molecule has 1 aromatic rings. The van der Waals surface area contributed by atoms with E-state index in [4.69, 9.17) is 4.74 Å². The Morgan fingerprint density at radius 1 is 1.43 bits per heavy atom. The van der Waals surface area contributed by atoms with Crippen LogP contribution in [-0.4, -0.2) is 46.7 Å². The number of carbonyl (C=O) groups is 2. The van der Waals surface area contributed by atoms with Gasteiger partial charge in [0.25, 0.3) is 0 Å². The first-order valence-electron chi connectivity index (χ1n) is 7.75. The monoisotopic (exact) mass is 320 g/mol. The van der Waals surface area contributed by atoms with Crippen molar-refractivity contribution in [2.24, 2.45) is 0 Å². The molecule has 3 amide bonds. The fourth-order valence-electron chi connectivity index (χ4n) is 2.29. The molecule has 7 heteroatoms. The smallest absolute Gasteiger partial charge is 0.410 e. The summed E-state index contributed by atoms with van der Waals surface area (Å²) in [4.78, 5) is 29.5. The highest BCUT2D eigenvalue weighted by molar-refractivity contribution is 5.74. The molecule has 0 spiro atoms. The Morgan fingerprint density at radius 3 is 2.87 bits per heavy atom. The highest BCUT2D eigenvalue weighted by atomic mass is 16.6. The molecule has 0 aliphatic carbocycles. The number of hydrogen-bond acceptors (Lipinski definition) is 4. The maximum absolute atomic E-state index is 12.0. The van der Waals surface area contributed by atoms with E-state index in [1.807, 2.05) is 32.9 Å². The number of amides is 3. The minimum absolute atomic E-state index is 0.0589. The normalized spacial score (nSPS) is 17.7. The van der Waals surface area contributed by atoms with Crippen molar-refractivity contribution in [3.8, 4) is 0 Å². The molecule has 7 nitrogen and oxygen atoms in total. The topological polar surface area (TPSA) is 83.6 Å². The number of urea groups is 1. The van der Waals surface area contributed by atoms with Crippen molar-refractivity contribution in [3.63, 3.8) is 0 Å². The number of aromatic nitrogens is 1. The minimum Gasteiger partial charge on any atom is -0.444 e. The highest BCUT2D eigenvalue weighted by Crippen LogP contribution is 2.15. The molecule has 2 N–H and O–H groups in total. The van der Waals surface area contributed by atoms with Gasteiger partial charge in [-0.3, -0.25) is 4.98 Å². The van der Waals surface area contributed by atoms with Crippen LogP contribution in [-0.2, 0) is 11.3 Å². The second-order valence-corrected chi connectivity index (χ2v) is 6.60. The van der Waals surface area contributed by atoms with Crippen molar-refractivity contribution >= 4 is 12.1 Å². The van der Waals surface area contributed by atoms with Gasteiger partial charge in [-0.05, 0) is 38.8 Å². The molecule has 1 aliphatic rings.